The maximum absolute atomic E-state index is 6.02. The topological polar surface area (TPSA) is 21.6 Å². The molecule has 0 aliphatic carbocycles. The number of aliphatic imine (C=N–C) groups is 1. The first kappa shape index (κ1) is 12.2. The smallest absolute Gasteiger partial charge is 0.192 e. The highest BCUT2D eigenvalue weighted by Crippen LogP contribution is 2.36. The Bertz CT molecular complexity index is 509. The van der Waals surface area contributed by atoms with Gasteiger partial charge in [-0.2, -0.15) is 0 Å². The summed E-state index contributed by atoms with van der Waals surface area (Å²) in [5.41, 5.74) is 1.92. The molecule has 0 unspecified atom stereocenters. The fourth-order valence-corrected chi connectivity index (χ4v) is 1.88. The summed E-state index contributed by atoms with van der Waals surface area (Å²) in [4.78, 5) is 4.36. The Morgan fingerprint density at radius 2 is 2.00 bits per heavy atom. The molecular formula is C14H16ClNO. The molecule has 90 valence electrons. The number of nitrogens with zero attached hydrogens (tertiary/aromatic N) is 1. The Hall–Kier alpha value is -1.28. The van der Waals surface area contributed by atoms with Gasteiger partial charge in [0.2, 0.25) is 0 Å². The van der Waals surface area contributed by atoms with Crippen molar-refractivity contribution in [2.45, 2.75) is 27.7 Å². The number of benzene rings is 1. The van der Waals surface area contributed by atoms with Gasteiger partial charge in [-0.1, -0.05) is 32.4 Å². The zero-order valence-corrected chi connectivity index (χ0v) is 11.3. The Labute approximate surface area is 107 Å². The number of fused-ring (bicyclic) bond motifs is 1. The third-order valence-corrected chi connectivity index (χ3v) is 2.56. The molecule has 0 saturated carbocycles. The molecule has 1 aliphatic heterocycles. The summed E-state index contributed by atoms with van der Waals surface area (Å²) < 4.78 is 5.70. The second kappa shape index (κ2) is 4.19. The summed E-state index contributed by atoms with van der Waals surface area (Å²) >= 11 is 6.02. The summed E-state index contributed by atoms with van der Waals surface area (Å²) in [5.74, 6) is 1.50. The molecule has 2 rings (SSSR count). The van der Waals surface area contributed by atoms with Gasteiger partial charge in [0.25, 0.3) is 0 Å². The summed E-state index contributed by atoms with van der Waals surface area (Å²) in [6.45, 7) is 8.26. The van der Waals surface area contributed by atoms with Crippen LogP contribution < -0.4 is 0 Å². The Balaban J connectivity index is 2.57. The van der Waals surface area contributed by atoms with Crippen molar-refractivity contribution >= 4 is 28.9 Å². The molecule has 1 heterocycles. The van der Waals surface area contributed by atoms with Gasteiger partial charge in [-0.25, -0.2) is 4.99 Å². The van der Waals surface area contributed by atoms with Crippen molar-refractivity contribution in [2.24, 2.45) is 10.4 Å². The van der Waals surface area contributed by atoms with Gasteiger partial charge >= 0.3 is 0 Å². The minimum atomic E-state index is 0.0482. The summed E-state index contributed by atoms with van der Waals surface area (Å²) in [6.07, 6.45) is 2.10. The predicted octanol–water partition coefficient (Wildman–Crippen LogP) is 4.81. The van der Waals surface area contributed by atoms with Gasteiger partial charge in [0, 0.05) is 17.5 Å². The van der Waals surface area contributed by atoms with Gasteiger partial charge in [-0.3, -0.25) is 0 Å². The highest BCUT2D eigenvalue weighted by molar-refractivity contribution is 6.30. The number of hydrogen-bond donors (Lipinski definition) is 0. The zero-order chi connectivity index (χ0) is 12.6. The highest BCUT2D eigenvalue weighted by Gasteiger charge is 2.19. The molecule has 1 aromatic rings. The van der Waals surface area contributed by atoms with Crippen LogP contribution in [0.15, 0.2) is 29.3 Å². The van der Waals surface area contributed by atoms with Gasteiger partial charge in [0.1, 0.15) is 5.76 Å². The number of halogens is 1. The normalized spacial score (nSPS) is 17.5. The summed E-state index contributed by atoms with van der Waals surface area (Å²) in [6, 6.07) is 5.65. The lowest BCUT2D eigenvalue weighted by Crippen LogP contribution is -2.09. The molecule has 3 heteroatoms. The van der Waals surface area contributed by atoms with Crippen LogP contribution in [0.25, 0.3) is 5.76 Å². The van der Waals surface area contributed by atoms with Gasteiger partial charge in [0.05, 0.1) is 5.69 Å². The maximum atomic E-state index is 6.02. The van der Waals surface area contributed by atoms with Crippen molar-refractivity contribution in [3.63, 3.8) is 0 Å². The molecule has 2 nitrogen and oxygen atoms in total. The lowest BCUT2D eigenvalue weighted by Gasteiger charge is -2.21. The fraction of sp³-hybridized carbons (Fsp3) is 0.357. The van der Waals surface area contributed by atoms with Crippen LogP contribution in [0.1, 0.15) is 33.3 Å². The molecule has 0 atom stereocenters. The molecule has 0 N–H and O–H groups in total. The Morgan fingerprint density at radius 1 is 1.29 bits per heavy atom. The monoisotopic (exact) mass is 249 g/mol. The van der Waals surface area contributed by atoms with E-state index in [9.17, 15) is 0 Å². The number of hydrogen-bond acceptors (Lipinski definition) is 2. The van der Waals surface area contributed by atoms with E-state index in [1.165, 1.54) is 0 Å². The summed E-state index contributed by atoms with van der Waals surface area (Å²) in [5, 5.41) is 0.696. The van der Waals surface area contributed by atoms with Crippen molar-refractivity contribution in [3.8, 4) is 0 Å². The molecule has 0 aromatic heterocycles. The molecule has 1 aromatic carbocycles. The van der Waals surface area contributed by atoms with E-state index in [-0.39, 0.29) is 5.41 Å². The molecule has 0 amide bonds. The summed E-state index contributed by atoms with van der Waals surface area (Å²) in [7, 11) is 0. The van der Waals surface area contributed by atoms with E-state index in [4.69, 9.17) is 16.3 Å². The molecule has 17 heavy (non-hydrogen) atoms. The van der Waals surface area contributed by atoms with Crippen molar-refractivity contribution in [2.75, 3.05) is 0 Å². The molecule has 0 fully saturated rings. The van der Waals surface area contributed by atoms with E-state index in [1.807, 2.05) is 25.1 Å². The first-order valence-electron chi connectivity index (χ1n) is 5.61. The van der Waals surface area contributed by atoms with Gasteiger partial charge in [-0.05, 0) is 29.7 Å². The second-order valence-corrected chi connectivity index (χ2v) is 5.71. The Kier molecular flexibility index (Phi) is 3.00. The number of rotatable bonds is 0. The molecule has 0 radical (unpaired) electrons. The average molecular weight is 250 g/mol. The van der Waals surface area contributed by atoms with E-state index in [1.54, 1.807) is 0 Å². The van der Waals surface area contributed by atoms with Gasteiger partial charge in [0.15, 0.2) is 5.90 Å². The number of ether oxygens (including phenoxy) is 1. The van der Waals surface area contributed by atoms with Crippen LogP contribution in [0.5, 0.6) is 0 Å². The van der Waals surface area contributed by atoms with Crippen LogP contribution >= 0.6 is 11.6 Å². The van der Waals surface area contributed by atoms with Crippen LogP contribution in [-0.4, -0.2) is 5.90 Å². The van der Waals surface area contributed by atoms with E-state index in [0.29, 0.717) is 10.9 Å². The van der Waals surface area contributed by atoms with Crippen LogP contribution in [-0.2, 0) is 4.74 Å². The first-order chi connectivity index (χ1) is 7.85. The lowest BCUT2D eigenvalue weighted by atomic mass is 9.94. The molecule has 0 bridgehead atoms. The average Bonchev–Trinajstić information content (AvgIpc) is 2.16. The third kappa shape index (κ3) is 2.89. The highest BCUT2D eigenvalue weighted by atomic mass is 35.5. The van der Waals surface area contributed by atoms with Crippen molar-refractivity contribution in [1.82, 2.24) is 0 Å². The zero-order valence-electron chi connectivity index (χ0n) is 10.5. The SMILES string of the molecule is CC1=Nc2ccc(Cl)cc2/C(=C/C(C)(C)C)O1. The third-order valence-electron chi connectivity index (χ3n) is 2.32. The molecule has 1 aliphatic rings. The fourth-order valence-electron chi connectivity index (χ4n) is 1.71. The molecule has 0 spiro atoms. The van der Waals surface area contributed by atoms with Gasteiger partial charge < -0.3 is 4.74 Å². The first-order valence-corrected chi connectivity index (χ1v) is 5.99. The van der Waals surface area contributed by atoms with Crippen LogP contribution in [0.4, 0.5) is 5.69 Å². The van der Waals surface area contributed by atoms with Crippen molar-refractivity contribution < 1.29 is 4.74 Å². The minimum absolute atomic E-state index is 0.0482. The van der Waals surface area contributed by atoms with Crippen LogP contribution in [0, 0.1) is 5.41 Å². The van der Waals surface area contributed by atoms with E-state index in [0.717, 1.165) is 17.0 Å². The van der Waals surface area contributed by atoms with E-state index in [2.05, 4.69) is 31.8 Å². The minimum Gasteiger partial charge on any atom is -0.443 e. The van der Waals surface area contributed by atoms with Crippen molar-refractivity contribution in [1.29, 1.82) is 0 Å². The van der Waals surface area contributed by atoms with Crippen LogP contribution in [0.3, 0.4) is 0 Å². The van der Waals surface area contributed by atoms with Crippen LogP contribution in [0.2, 0.25) is 5.02 Å². The molecular weight excluding hydrogens is 234 g/mol. The van der Waals surface area contributed by atoms with E-state index >= 15 is 0 Å². The molecule has 0 saturated heterocycles. The second-order valence-electron chi connectivity index (χ2n) is 5.27. The van der Waals surface area contributed by atoms with Gasteiger partial charge in [-0.15, -0.1) is 0 Å². The largest absolute Gasteiger partial charge is 0.443 e. The predicted molar refractivity (Wildman–Crippen MR) is 72.7 cm³/mol. The maximum Gasteiger partial charge on any atom is 0.192 e. The standard InChI is InChI=1S/C14H16ClNO/c1-9-16-12-6-5-10(15)7-11(12)13(17-9)8-14(2,3)4/h5-8H,1-4H3/b13-8-. The lowest BCUT2D eigenvalue weighted by molar-refractivity contribution is 0.471. The van der Waals surface area contributed by atoms with E-state index < -0.39 is 0 Å². The number of allylic oxidation sites excluding steroid dienone is 1. The quantitative estimate of drug-likeness (QED) is 0.647. The Morgan fingerprint density at radius 3 is 2.65 bits per heavy atom. The van der Waals surface area contributed by atoms with Crippen molar-refractivity contribution in [3.05, 3.63) is 34.9 Å².